The number of nitrogens with zero attached hydrogens (tertiary/aromatic N) is 3. The summed E-state index contributed by atoms with van der Waals surface area (Å²) in [5.74, 6) is 1.27. The molecule has 2 aromatic rings. The zero-order valence-corrected chi connectivity index (χ0v) is 14.4. The van der Waals surface area contributed by atoms with Gasteiger partial charge in [-0.15, -0.1) is 16.8 Å². The van der Waals surface area contributed by atoms with Crippen LogP contribution in [-0.4, -0.2) is 40.6 Å². The predicted octanol–water partition coefficient (Wildman–Crippen LogP) is 3.17. The van der Waals surface area contributed by atoms with Gasteiger partial charge in [0.2, 0.25) is 0 Å². The van der Waals surface area contributed by atoms with Crippen LogP contribution in [0.3, 0.4) is 0 Å². The molecule has 5 heteroatoms. The van der Waals surface area contributed by atoms with Crippen LogP contribution in [0.25, 0.3) is 0 Å². The average Bonchev–Trinajstić information content (AvgIpc) is 2.68. The molecule has 130 valence electrons. The molecule has 0 spiro atoms. The number of amides is 1. The predicted molar refractivity (Wildman–Crippen MR) is 99.5 cm³/mol. The molecule has 1 saturated heterocycles. The van der Waals surface area contributed by atoms with Crippen LogP contribution in [0.5, 0.6) is 0 Å². The maximum absolute atomic E-state index is 12.6. The highest BCUT2D eigenvalue weighted by Crippen LogP contribution is 2.22. The van der Waals surface area contributed by atoms with Crippen molar-refractivity contribution in [3.63, 3.8) is 0 Å². The molecule has 5 nitrogen and oxygen atoms in total. The standard InChI is InChI=1S/C20H24N4O/c1-2-12-21-19-9-8-18(22-23-19)20(25)24-13-10-17(11-14-24)15-16-6-4-3-5-7-16/h2-9,17H,1,10-15H2,(H,21,23). The van der Waals surface area contributed by atoms with Gasteiger partial charge in [-0.1, -0.05) is 36.4 Å². The average molecular weight is 336 g/mol. The maximum Gasteiger partial charge on any atom is 0.274 e. The van der Waals surface area contributed by atoms with Crippen molar-refractivity contribution < 1.29 is 4.79 Å². The number of piperidine rings is 1. The molecule has 25 heavy (non-hydrogen) atoms. The van der Waals surface area contributed by atoms with E-state index in [0.29, 0.717) is 24.0 Å². The number of hydrogen-bond donors (Lipinski definition) is 1. The summed E-state index contributed by atoms with van der Waals surface area (Å²) in [6.07, 6.45) is 4.91. The highest BCUT2D eigenvalue weighted by molar-refractivity contribution is 5.92. The maximum atomic E-state index is 12.6. The summed E-state index contributed by atoms with van der Waals surface area (Å²) in [5, 5.41) is 11.2. The monoisotopic (exact) mass is 336 g/mol. The van der Waals surface area contributed by atoms with E-state index in [4.69, 9.17) is 0 Å². The molecule has 1 amide bonds. The van der Waals surface area contributed by atoms with Gasteiger partial charge in [0.1, 0.15) is 5.82 Å². The summed E-state index contributed by atoms with van der Waals surface area (Å²) in [7, 11) is 0. The Balaban J connectivity index is 1.51. The second-order valence-corrected chi connectivity index (χ2v) is 6.40. The lowest BCUT2D eigenvalue weighted by Gasteiger charge is -2.31. The number of carbonyl (C=O) groups is 1. The molecule has 1 aromatic heterocycles. The molecule has 1 aliphatic heterocycles. The third kappa shape index (κ3) is 4.66. The second kappa shape index (κ2) is 8.42. The molecule has 0 atom stereocenters. The summed E-state index contributed by atoms with van der Waals surface area (Å²) in [5.41, 5.74) is 1.78. The second-order valence-electron chi connectivity index (χ2n) is 6.40. The minimum Gasteiger partial charge on any atom is -0.365 e. The van der Waals surface area contributed by atoms with E-state index in [2.05, 4.69) is 46.4 Å². The first kappa shape index (κ1) is 17.1. The van der Waals surface area contributed by atoms with E-state index in [9.17, 15) is 4.79 Å². The van der Waals surface area contributed by atoms with Crippen molar-refractivity contribution in [2.24, 2.45) is 5.92 Å². The Morgan fingerprint density at radius 1 is 1.16 bits per heavy atom. The van der Waals surface area contributed by atoms with Gasteiger partial charge in [0.15, 0.2) is 5.69 Å². The Kier molecular flexibility index (Phi) is 5.77. The van der Waals surface area contributed by atoms with Crippen LogP contribution in [0.1, 0.15) is 28.9 Å². The molecule has 1 fully saturated rings. The van der Waals surface area contributed by atoms with Crippen LogP contribution in [0.15, 0.2) is 55.1 Å². The van der Waals surface area contributed by atoms with Crippen LogP contribution in [0.2, 0.25) is 0 Å². The Morgan fingerprint density at radius 3 is 2.56 bits per heavy atom. The van der Waals surface area contributed by atoms with E-state index in [1.165, 1.54) is 5.56 Å². The van der Waals surface area contributed by atoms with E-state index in [-0.39, 0.29) is 5.91 Å². The van der Waals surface area contributed by atoms with Crippen LogP contribution in [-0.2, 0) is 6.42 Å². The van der Waals surface area contributed by atoms with E-state index in [1.54, 1.807) is 18.2 Å². The minimum absolute atomic E-state index is 0.0269. The number of nitrogens with one attached hydrogen (secondary N) is 1. The van der Waals surface area contributed by atoms with Gasteiger partial charge in [-0.3, -0.25) is 4.79 Å². The lowest BCUT2D eigenvalue weighted by molar-refractivity contribution is 0.0683. The number of rotatable bonds is 6. The summed E-state index contributed by atoms with van der Waals surface area (Å²) >= 11 is 0. The molecular formula is C20H24N4O. The summed E-state index contributed by atoms with van der Waals surface area (Å²) in [6.45, 7) is 5.84. The minimum atomic E-state index is -0.0269. The highest BCUT2D eigenvalue weighted by Gasteiger charge is 2.24. The van der Waals surface area contributed by atoms with Crippen molar-refractivity contribution in [2.75, 3.05) is 25.0 Å². The van der Waals surface area contributed by atoms with Gasteiger partial charge >= 0.3 is 0 Å². The van der Waals surface area contributed by atoms with Crippen molar-refractivity contribution >= 4 is 11.7 Å². The molecule has 0 aliphatic carbocycles. The fraction of sp³-hybridized carbons (Fsp3) is 0.350. The quantitative estimate of drug-likeness (QED) is 0.823. The molecule has 2 heterocycles. The molecular weight excluding hydrogens is 312 g/mol. The first-order chi connectivity index (χ1) is 12.3. The number of carbonyl (C=O) groups excluding carboxylic acids is 1. The van der Waals surface area contributed by atoms with Crippen LogP contribution in [0, 0.1) is 5.92 Å². The Bertz CT molecular complexity index is 691. The summed E-state index contributed by atoms with van der Waals surface area (Å²) in [4.78, 5) is 14.5. The van der Waals surface area contributed by atoms with E-state index < -0.39 is 0 Å². The number of likely N-dealkylation sites (tertiary alicyclic amines) is 1. The van der Waals surface area contributed by atoms with Crippen LogP contribution in [0.4, 0.5) is 5.82 Å². The lowest BCUT2D eigenvalue weighted by atomic mass is 9.90. The fourth-order valence-corrected chi connectivity index (χ4v) is 3.17. The van der Waals surface area contributed by atoms with Gasteiger partial charge in [-0.2, -0.15) is 0 Å². The molecule has 1 aromatic carbocycles. The Hall–Kier alpha value is -2.69. The van der Waals surface area contributed by atoms with Crippen LogP contribution < -0.4 is 5.32 Å². The number of anilines is 1. The zero-order valence-electron chi connectivity index (χ0n) is 14.4. The van der Waals surface area contributed by atoms with Crippen molar-refractivity contribution in [3.8, 4) is 0 Å². The summed E-state index contributed by atoms with van der Waals surface area (Å²) < 4.78 is 0. The van der Waals surface area contributed by atoms with Gasteiger partial charge in [-0.05, 0) is 42.9 Å². The van der Waals surface area contributed by atoms with Gasteiger partial charge in [0.25, 0.3) is 5.91 Å². The Labute approximate surface area is 148 Å². The highest BCUT2D eigenvalue weighted by atomic mass is 16.2. The first-order valence-corrected chi connectivity index (χ1v) is 8.78. The zero-order chi connectivity index (χ0) is 17.5. The topological polar surface area (TPSA) is 58.1 Å². The van der Waals surface area contributed by atoms with E-state index >= 15 is 0 Å². The lowest BCUT2D eigenvalue weighted by Crippen LogP contribution is -2.39. The molecule has 0 radical (unpaired) electrons. The van der Waals surface area contributed by atoms with Gasteiger partial charge in [0, 0.05) is 19.6 Å². The molecule has 0 bridgehead atoms. The van der Waals surface area contributed by atoms with E-state index in [1.807, 2.05) is 11.0 Å². The molecule has 3 rings (SSSR count). The smallest absolute Gasteiger partial charge is 0.274 e. The summed E-state index contributed by atoms with van der Waals surface area (Å²) in [6, 6.07) is 14.1. The largest absolute Gasteiger partial charge is 0.365 e. The molecule has 1 aliphatic rings. The normalized spacial score (nSPS) is 15.0. The fourth-order valence-electron chi connectivity index (χ4n) is 3.17. The van der Waals surface area contributed by atoms with Crippen molar-refractivity contribution in [2.45, 2.75) is 19.3 Å². The van der Waals surface area contributed by atoms with Crippen molar-refractivity contribution in [1.82, 2.24) is 15.1 Å². The first-order valence-electron chi connectivity index (χ1n) is 8.78. The van der Waals surface area contributed by atoms with Gasteiger partial charge < -0.3 is 10.2 Å². The third-order valence-electron chi connectivity index (χ3n) is 4.58. The molecule has 0 unspecified atom stereocenters. The van der Waals surface area contributed by atoms with Gasteiger partial charge in [0.05, 0.1) is 0 Å². The van der Waals surface area contributed by atoms with Gasteiger partial charge in [-0.25, -0.2) is 0 Å². The number of aromatic nitrogens is 2. The molecule has 0 saturated carbocycles. The number of benzene rings is 1. The van der Waals surface area contributed by atoms with Crippen molar-refractivity contribution in [3.05, 3.63) is 66.4 Å². The number of hydrogen-bond acceptors (Lipinski definition) is 4. The van der Waals surface area contributed by atoms with E-state index in [0.717, 1.165) is 32.4 Å². The van der Waals surface area contributed by atoms with Crippen molar-refractivity contribution in [1.29, 1.82) is 0 Å². The SMILES string of the molecule is C=CCNc1ccc(C(=O)N2CCC(Cc3ccccc3)CC2)nn1. The Morgan fingerprint density at radius 2 is 1.92 bits per heavy atom. The van der Waals surface area contributed by atoms with Crippen LogP contribution >= 0.6 is 0 Å². The third-order valence-corrected chi connectivity index (χ3v) is 4.58. The molecule has 1 N–H and O–H groups in total.